The van der Waals surface area contributed by atoms with Crippen LogP contribution in [0.2, 0.25) is 0 Å². The second kappa shape index (κ2) is 7.65. The van der Waals surface area contributed by atoms with Gasteiger partial charge in [0.1, 0.15) is 0 Å². The Morgan fingerprint density at radius 1 is 1.26 bits per heavy atom. The Balaban J connectivity index is 1.33. The van der Waals surface area contributed by atoms with Crippen molar-refractivity contribution >= 4 is 28.8 Å². The second-order valence-electron chi connectivity index (χ2n) is 6.63. The van der Waals surface area contributed by atoms with Crippen molar-refractivity contribution in [2.24, 2.45) is 0 Å². The van der Waals surface area contributed by atoms with E-state index in [0.29, 0.717) is 18.2 Å². The lowest BCUT2D eigenvalue weighted by Gasteiger charge is -2.34. The molecule has 3 heterocycles. The molecular formula is C20H23N5O2. The van der Waals surface area contributed by atoms with Crippen LogP contribution in [-0.4, -0.2) is 46.7 Å². The van der Waals surface area contributed by atoms with E-state index in [1.165, 1.54) is 0 Å². The number of piperidine rings is 1. The van der Waals surface area contributed by atoms with Crippen LogP contribution in [0.3, 0.4) is 0 Å². The van der Waals surface area contributed by atoms with Crippen LogP contribution in [0.4, 0.5) is 11.6 Å². The van der Waals surface area contributed by atoms with Crippen LogP contribution in [0.5, 0.6) is 0 Å². The zero-order chi connectivity index (χ0) is 18.6. The van der Waals surface area contributed by atoms with E-state index in [-0.39, 0.29) is 5.97 Å². The third-order valence-electron chi connectivity index (χ3n) is 4.84. The number of hydrogen-bond donors (Lipinski definition) is 2. The van der Waals surface area contributed by atoms with Gasteiger partial charge in [0, 0.05) is 31.0 Å². The molecule has 7 nitrogen and oxygen atoms in total. The highest BCUT2D eigenvalue weighted by Crippen LogP contribution is 2.23. The number of nitrogens with one attached hydrogen (secondary N) is 2. The van der Waals surface area contributed by atoms with Crippen LogP contribution < -0.4 is 10.2 Å². The van der Waals surface area contributed by atoms with Crippen LogP contribution >= 0.6 is 0 Å². The Labute approximate surface area is 157 Å². The SMILES string of the molecule is CCOC(=O)c1ccc(N2CCC(Nc3nc4ncccc4[nH]3)CC2)cc1. The van der Waals surface area contributed by atoms with Gasteiger partial charge in [-0.3, -0.25) is 0 Å². The van der Waals surface area contributed by atoms with Gasteiger partial charge in [0.2, 0.25) is 5.95 Å². The first-order chi connectivity index (χ1) is 13.2. The van der Waals surface area contributed by atoms with Crippen LogP contribution in [0.15, 0.2) is 42.6 Å². The van der Waals surface area contributed by atoms with E-state index in [1.807, 2.05) is 43.3 Å². The average molecular weight is 365 g/mol. The van der Waals surface area contributed by atoms with Gasteiger partial charge in [-0.25, -0.2) is 9.78 Å². The number of nitrogens with zero attached hydrogens (tertiary/aromatic N) is 3. The van der Waals surface area contributed by atoms with Crippen molar-refractivity contribution in [3.8, 4) is 0 Å². The molecule has 0 bridgehead atoms. The van der Waals surface area contributed by atoms with E-state index >= 15 is 0 Å². The second-order valence-corrected chi connectivity index (χ2v) is 6.63. The van der Waals surface area contributed by atoms with Crippen LogP contribution in [0, 0.1) is 0 Å². The number of fused-ring (bicyclic) bond motifs is 1. The fourth-order valence-corrected chi connectivity index (χ4v) is 3.41. The molecule has 0 amide bonds. The smallest absolute Gasteiger partial charge is 0.338 e. The molecule has 4 rings (SSSR count). The number of hydrogen-bond acceptors (Lipinski definition) is 6. The molecule has 1 fully saturated rings. The number of carbonyl (C=O) groups excluding carboxylic acids is 1. The number of aromatic amines is 1. The van der Waals surface area contributed by atoms with Gasteiger partial charge in [-0.1, -0.05) is 0 Å². The van der Waals surface area contributed by atoms with Gasteiger partial charge < -0.3 is 19.9 Å². The van der Waals surface area contributed by atoms with Crippen molar-refractivity contribution in [3.05, 3.63) is 48.2 Å². The van der Waals surface area contributed by atoms with E-state index in [9.17, 15) is 4.79 Å². The van der Waals surface area contributed by atoms with Gasteiger partial charge in [-0.2, -0.15) is 4.98 Å². The van der Waals surface area contributed by atoms with Gasteiger partial charge in [0.15, 0.2) is 5.65 Å². The van der Waals surface area contributed by atoms with Crippen LogP contribution in [0.25, 0.3) is 11.2 Å². The summed E-state index contributed by atoms with van der Waals surface area (Å²) in [6.07, 6.45) is 3.78. The normalized spacial score (nSPS) is 15.1. The van der Waals surface area contributed by atoms with E-state index in [2.05, 4.69) is 25.2 Å². The fraction of sp³-hybridized carbons (Fsp3) is 0.350. The molecule has 1 saturated heterocycles. The molecule has 3 aromatic rings. The van der Waals surface area contributed by atoms with E-state index < -0.39 is 0 Å². The topological polar surface area (TPSA) is 83.1 Å². The van der Waals surface area contributed by atoms with E-state index in [4.69, 9.17) is 4.74 Å². The molecular weight excluding hydrogens is 342 g/mol. The van der Waals surface area contributed by atoms with Gasteiger partial charge in [0.05, 0.1) is 17.7 Å². The van der Waals surface area contributed by atoms with Crippen molar-refractivity contribution in [1.82, 2.24) is 15.0 Å². The molecule has 2 aromatic heterocycles. The zero-order valence-corrected chi connectivity index (χ0v) is 15.3. The molecule has 0 saturated carbocycles. The molecule has 0 aliphatic carbocycles. The van der Waals surface area contributed by atoms with Gasteiger partial charge in [-0.05, 0) is 56.2 Å². The minimum absolute atomic E-state index is 0.271. The van der Waals surface area contributed by atoms with Crippen molar-refractivity contribution in [2.75, 3.05) is 29.9 Å². The third kappa shape index (κ3) is 3.86. The highest BCUT2D eigenvalue weighted by Gasteiger charge is 2.20. The maximum atomic E-state index is 11.8. The molecule has 0 unspecified atom stereocenters. The number of benzene rings is 1. The summed E-state index contributed by atoms with van der Waals surface area (Å²) in [6, 6.07) is 11.9. The van der Waals surface area contributed by atoms with Crippen molar-refractivity contribution < 1.29 is 9.53 Å². The number of H-pyrrole nitrogens is 1. The molecule has 0 radical (unpaired) electrons. The summed E-state index contributed by atoms with van der Waals surface area (Å²) in [5.41, 5.74) is 3.41. The van der Waals surface area contributed by atoms with Gasteiger partial charge >= 0.3 is 5.97 Å². The molecule has 140 valence electrons. The maximum absolute atomic E-state index is 11.8. The summed E-state index contributed by atoms with van der Waals surface area (Å²) in [7, 11) is 0. The zero-order valence-electron chi connectivity index (χ0n) is 15.3. The highest BCUT2D eigenvalue weighted by atomic mass is 16.5. The van der Waals surface area contributed by atoms with E-state index in [1.54, 1.807) is 6.20 Å². The number of imidazole rings is 1. The third-order valence-corrected chi connectivity index (χ3v) is 4.84. The van der Waals surface area contributed by atoms with Crippen molar-refractivity contribution in [2.45, 2.75) is 25.8 Å². The van der Waals surface area contributed by atoms with E-state index in [0.717, 1.165) is 48.7 Å². The average Bonchev–Trinajstić information content (AvgIpc) is 3.11. The molecule has 0 spiro atoms. The molecule has 1 aliphatic rings. The number of aromatic nitrogens is 3. The lowest BCUT2D eigenvalue weighted by atomic mass is 10.0. The number of esters is 1. The molecule has 1 aromatic carbocycles. The fourth-order valence-electron chi connectivity index (χ4n) is 3.41. The molecule has 1 aliphatic heterocycles. The minimum Gasteiger partial charge on any atom is -0.462 e. The highest BCUT2D eigenvalue weighted by molar-refractivity contribution is 5.89. The first kappa shape index (κ1) is 17.3. The number of anilines is 2. The predicted octanol–water partition coefficient (Wildman–Crippen LogP) is 3.22. The summed E-state index contributed by atoms with van der Waals surface area (Å²) < 4.78 is 5.03. The number of ether oxygens (including phenoxy) is 1. The number of carbonyl (C=O) groups is 1. The quantitative estimate of drug-likeness (QED) is 0.676. The summed E-state index contributed by atoms with van der Waals surface area (Å²) in [6.45, 7) is 4.11. The largest absolute Gasteiger partial charge is 0.462 e. The Hall–Kier alpha value is -3.09. The lowest BCUT2D eigenvalue weighted by molar-refractivity contribution is 0.0526. The Morgan fingerprint density at radius 2 is 2.04 bits per heavy atom. The predicted molar refractivity (Wildman–Crippen MR) is 105 cm³/mol. The minimum atomic E-state index is -0.271. The molecule has 2 N–H and O–H groups in total. The van der Waals surface area contributed by atoms with Crippen molar-refractivity contribution in [3.63, 3.8) is 0 Å². The summed E-state index contributed by atoms with van der Waals surface area (Å²) in [5, 5.41) is 3.49. The Bertz CT molecular complexity index is 881. The number of pyridine rings is 1. The van der Waals surface area contributed by atoms with Crippen LogP contribution in [0.1, 0.15) is 30.1 Å². The first-order valence-electron chi connectivity index (χ1n) is 9.32. The maximum Gasteiger partial charge on any atom is 0.338 e. The van der Waals surface area contributed by atoms with Gasteiger partial charge in [0.25, 0.3) is 0 Å². The Kier molecular flexibility index (Phi) is 4.91. The standard InChI is InChI=1S/C20H23N5O2/c1-2-27-19(26)14-5-7-16(8-6-14)25-12-9-15(10-13-25)22-20-23-17-4-3-11-21-18(17)24-20/h3-8,11,15H,2,9-10,12-13H2,1H3,(H2,21,22,23,24). The van der Waals surface area contributed by atoms with Crippen molar-refractivity contribution in [1.29, 1.82) is 0 Å². The monoisotopic (exact) mass is 365 g/mol. The molecule has 0 atom stereocenters. The van der Waals surface area contributed by atoms with Crippen LogP contribution in [-0.2, 0) is 4.74 Å². The molecule has 27 heavy (non-hydrogen) atoms. The Morgan fingerprint density at radius 3 is 2.74 bits per heavy atom. The first-order valence-corrected chi connectivity index (χ1v) is 9.32. The summed E-state index contributed by atoms with van der Waals surface area (Å²) >= 11 is 0. The summed E-state index contributed by atoms with van der Waals surface area (Å²) in [5.74, 6) is 0.508. The van der Waals surface area contributed by atoms with Gasteiger partial charge in [-0.15, -0.1) is 0 Å². The number of rotatable bonds is 5. The molecule has 7 heteroatoms. The lowest BCUT2D eigenvalue weighted by Crippen LogP contribution is -2.39. The summed E-state index contributed by atoms with van der Waals surface area (Å²) in [4.78, 5) is 26.1.